The van der Waals surface area contributed by atoms with Gasteiger partial charge in [0.2, 0.25) is 0 Å². The van der Waals surface area contributed by atoms with Crippen molar-refractivity contribution in [1.29, 1.82) is 0 Å². The zero-order chi connectivity index (χ0) is 30.9. The van der Waals surface area contributed by atoms with Gasteiger partial charge in [-0.05, 0) is 67.0 Å². The van der Waals surface area contributed by atoms with Gasteiger partial charge in [-0.1, -0.05) is 26.2 Å². The Morgan fingerprint density at radius 2 is 1.74 bits per heavy atom. The van der Waals surface area contributed by atoms with Gasteiger partial charge >= 0.3 is 12.4 Å². The summed E-state index contributed by atoms with van der Waals surface area (Å²) in [4.78, 5) is 7.64. The molecule has 0 spiro atoms. The molecule has 0 radical (unpaired) electrons. The van der Waals surface area contributed by atoms with Crippen molar-refractivity contribution in [2.24, 2.45) is 5.92 Å². The van der Waals surface area contributed by atoms with E-state index in [0.717, 1.165) is 65.4 Å². The first-order valence-corrected chi connectivity index (χ1v) is 15.3. The van der Waals surface area contributed by atoms with Gasteiger partial charge in [-0.2, -0.15) is 26.3 Å². The monoisotopic (exact) mass is 627 g/mol. The highest BCUT2D eigenvalue weighted by Crippen LogP contribution is 2.42. The number of methoxy groups -OCH3 is 1. The van der Waals surface area contributed by atoms with E-state index in [4.69, 9.17) is 14.5 Å². The number of pyridine rings is 1. The molecule has 12 heteroatoms. The molecule has 1 saturated carbocycles. The molecule has 5 nitrogen and oxygen atoms in total. The molecule has 43 heavy (non-hydrogen) atoms. The lowest BCUT2D eigenvalue weighted by atomic mass is 9.83. The number of benzene rings is 1. The van der Waals surface area contributed by atoms with E-state index in [-0.39, 0.29) is 24.4 Å². The molecular weight excluding hydrogens is 592 g/mol. The molecule has 1 aromatic carbocycles. The Labute approximate surface area is 251 Å². The second-order valence-electron chi connectivity index (χ2n) is 11.3. The molecule has 3 heterocycles. The standard InChI is InChI=1S/C31H35F6N3O2S/c1-4-19-7-5-6-8-25(19)39-29-22(11-21(15-38-29)28-26(41-3)9-10-43-28)16-40-17-42-27(18(40)2)20-12-23(30(32,33)34)14-24(13-20)31(35,36)37/h9-15,18-19,25,27H,4-8,16-17H2,1-3H3,(H,38,39)/t18-,19?,25?,27-/m0/s1. The summed E-state index contributed by atoms with van der Waals surface area (Å²) in [5, 5.41) is 5.60. The van der Waals surface area contributed by atoms with Gasteiger partial charge in [0.15, 0.2) is 0 Å². The van der Waals surface area contributed by atoms with Crippen molar-refractivity contribution in [3.8, 4) is 16.2 Å². The maximum atomic E-state index is 13.5. The van der Waals surface area contributed by atoms with Crippen molar-refractivity contribution in [2.75, 3.05) is 19.2 Å². The quantitative estimate of drug-likeness (QED) is 0.253. The van der Waals surface area contributed by atoms with Crippen LogP contribution in [0, 0.1) is 5.92 Å². The third-order valence-electron chi connectivity index (χ3n) is 8.58. The predicted octanol–water partition coefficient (Wildman–Crippen LogP) is 9.16. The lowest BCUT2D eigenvalue weighted by molar-refractivity contribution is -0.143. The van der Waals surface area contributed by atoms with Crippen molar-refractivity contribution < 1.29 is 35.8 Å². The van der Waals surface area contributed by atoms with Crippen LogP contribution in [-0.4, -0.2) is 35.8 Å². The molecule has 4 atom stereocenters. The molecule has 1 N–H and O–H groups in total. The Morgan fingerprint density at radius 3 is 2.40 bits per heavy atom. The van der Waals surface area contributed by atoms with Gasteiger partial charge in [-0.25, -0.2) is 4.98 Å². The molecule has 2 unspecified atom stereocenters. The lowest BCUT2D eigenvalue weighted by Gasteiger charge is -2.33. The summed E-state index contributed by atoms with van der Waals surface area (Å²) in [5.41, 5.74) is -1.13. The van der Waals surface area contributed by atoms with Gasteiger partial charge in [0.05, 0.1) is 29.2 Å². The zero-order valence-electron chi connectivity index (χ0n) is 24.2. The highest BCUT2D eigenvalue weighted by atomic mass is 32.1. The van der Waals surface area contributed by atoms with Crippen molar-refractivity contribution in [2.45, 2.75) is 83.0 Å². The average Bonchev–Trinajstić information content (AvgIpc) is 3.59. The van der Waals surface area contributed by atoms with Crippen LogP contribution in [-0.2, 0) is 23.6 Å². The molecule has 5 rings (SSSR count). The number of nitrogens with zero attached hydrogens (tertiary/aromatic N) is 2. The fourth-order valence-electron chi connectivity index (χ4n) is 6.17. The maximum absolute atomic E-state index is 13.5. The third-order valence-corrected chi connectivity index (χ3v) is 9.52. The lowest BCUT2D eigenvalue weighted by Crippen LogP contribution is -2.33. The van der Waals surface area contributed by atoms with Crippen LogP contribution in [0.4, 0.5) is 32.2 Å². The van der Waals surface area contributed by atoms with Crippen LogP contribution in [0.15, 0.2) is 41.9 Å². The maximum Gasteiger partial charge on any atom is 0.416 e. The number of rotatable bonds is 8. The second-order valence-corrected chi connectivity index (χ2v) is 12.2. The third kappa shape index (κ3) is 6.96. The normalized spacial score (nSPS) is 23.5. The highest BCUT2D eigenvalue weighted by molar-refractivity contribution is 7.14. The Balaban J connectivity index is 1.45. The van der Waals surface area contributed by atoms with E-state index in [1.807, 2.05) is 22.4 Å². The minimum absolute atomic E-state index is 0.0381. The molecule has 0 bridgehead atoms. The fourth-order valence-corrected chi connectivity index (χ4v) is 7.01. The smallest absolute Gasteiger partial charge is 0.416 e. The van der Waals surface area contributed by atoms with Gasteiger partial charge in [-0.3, -0.25) is 4.90 Å². The molecule has 2 aromatic heterocycles. The van der Waals surface area contributed by atoms with Crippen molar-refractivity contribution >= 4 is 17.2 Å². The van der Waals surface area contributed by atoms with Gasteiger partial charge in [-0.15, -0.1) is 11.3 Å². The van der Waals surface area contributed by atoms with Crippen LogP contribution in [0.5, 0.6) is 5.75 Å². The fraction of sp³-hybridized carbons (Fsp3) is 0.516. The van der Waals surface area contributed by atoms with Crippen LogP contribution in [0.3, 0.4) is 0 Å². The van der Waals surface area contributed by atoms with Crippen LogP contribution >= 0.6 is 11.3 Å². The molecule has 0 amide bonds. The van der Waals surface area contributed by atoms with E-state index in [2.05, 4.69) is 12.2 Å². The first kappa shape index (κ1) is 31.6. The van der Waals surface area contributed by atoms with Gasteiger partial charge in [0.25, 0.3) is 0 Å². The van der Waals surface area contributed by atoms with E-state index in [1.54, 1.807) is 20.2 Å². The minimum Gasteiger partial charge on any atom is -0.495 e. The van der Waals surface area contributed by atoms with E-state index >= 15 is 0 Å². The minimum atomic E-state index is -4.93. The number of halogens is 6. The van der Waals surface area contributed by atoms with Gasteiger partial charge < -0.3 is 14.8 Å². The molecule has 1 saturated heterocycles. The number of anilines is 1. The first-order chi connectivity index (χ1) is 20.4. The SMILES string of the molecule is CCC1CCCCC1Nc1ncc(-c2sccc2OC)cc1CN1CO[C@H](c2cc(C(F)(F)F)cc(C(F)(F)F)c2)[C@@H]1C. The van der Waals surface area contributed by atoms with E-state index in [1.165, 1.54) is 17.8 Å². The topological polar surface area (TPSA) is 46.6 Å². The molecular formula is C31H35F6N3O2S. The largest absolute Gasteiger partial charge is 0.495 e. The second kappa shape index (κ2) is 12.6. The van der Waals surface area contributed by atoms with Crippen LogP contribution in [0.25, 0.3) is 10.4 Å². The molecule has 1 aliphatic carbocycles. The summed E-state index contributed by atoms with van der Waals surface area (Å²) in [6.07, 6.45) is -3.48. The summed E-state index contributed by atoms with van der Waals surface area (Å²) in [6.45, 7) is 4.32. The Morgan fingerprint density at radius 1 is 1.05 bits per heavy atom. The average molecular weight is 628 g/mol. The number of aromatic nitrogens is 1. The number of thiophene rings is 1. The summed E-state index contributed by atoms with van der Waals surface area (Å²) < 4.78 is 92.6. The number of ether oxygens (including phenoxy) is 2. The summed E-state index contributed by atoms with van der Waals surface area (Å²) in [7, 11) is 1.60. The molecule has 3 aromatic rings. The summed E-state index contributed by atoms with van der Waals surface area (Å²) in [5.74, 6) is 1.96. The highest BCUT2D eigenvalue weighted by Gasteiger charge is 2.40. The summed E-state index contributed by atoms with van der Waals surface area (Å²) >= 11 is 1.52. The van der Waals surface area contributed by atoms with Crippen LogP contribution < -0.4 is 10.1 Å². The summed E-state index contributed by atoms with van der Waals surface area (Å²) in [6, 6.07) is 5.32. The van der Waals surface area contributed by atoms with Crippen molar-refractivity contribution in [3.63, 3.8) is 0 Å². The number of hydrogen-bond acceptors (Lipinski definition) is 6. The van der Waals surface area contributed by atoms with E-state index in [9.17, 15) is 26.3 Å². The number of nitrogens with one attached hydrogen (secondary N) is 1. The molecule has 1 aliphatic heterocycles. The molecule has 2 fully saturated rings. The van der Waals surface area contributed by atoms with Crippen LogP contribution in [0.2, 0.25) is 0 Å². The van der Waals surface area contributed by atoms with Gasteiger partial charge in [0.1, 0.15) is 18.3 Å². The molecule has 2 aliphatic rings. The van der Waals surface area contributed by atoms with Crippen molar-refractivity contribution in [3.05, 3.63) is 64.2 Å². The molecule has 234 valence electrons. The van der Waals surface area contributed by atoms with E-state index < -0.39 is 35.6 Å². The zero-order valence-corrected chi connectivity index (χ0v) is 25.0. The number of alkyl halides is 6. The van der Waals surface area contributed by atoms with Gasteiger partial charge in [0, 0.05) is 36.0 Å². The Hall–Kier alpha value is -2.83. The van der Waals surface area contributed by atoms with Crippen molar-refractivity contribution in [1.82, 2.24) is 9.88 Å². The van der Waals surface area contributed by atoms with E-state index in [0.29, 0.717) is 12.5 Å². The predicted molar refractivity (Wildman–Crippen MR) is 154 cm³/mol. The Kier molecular flexibility index (Phi) is 9.29. The first-order valence-electron chi connectivity index (χ1n) is 14.4. The van der Waals surface area contributed by atoms with Crippen LogP contribution in [0.1, 0.15) is 74.3 Å². The number of hydrogen-bond donors (Lipinski definition) is 1. The Bertz CT molecular complexity index is 1380.